The van der Waals surface area contributed by atoms with Crippen LogP contribution in [-0.2, 0) is 11.3 Å². The van der Waals surface area contributed by atoms with Crippen molar-refractivity contribution in [2.75, 3.05) is 7.05 Å². The Kier molecular flexibility index (Phi) is 5.97. The van der Waals surface area contributed by atoms with Crippen molar-refractivity contribution in [2.24, 2.45) is 0 Å². The summed E-state index contributed by atoms with van der Waals surface area (Å²) in [4.78, 5) is 22.8. The number of halogens is 1. The van der Waals surface area contributed by atoms with Gasteiger partial charge in [0.05, 0.1) is 18.4 Å². The summed E-state index contributed by atoms with van der Waals surface area (Å²) in [5.74, 6) is -0.0638. The van der Waals surface area contributed by atoms with Gasteiger partial charge >= 0.3 is 0 Å². The molecule has 0 unspecified atom stereocenters. The standard InChI is InChI=1S/C21H20ClN3O/c1-25(15-17-14-23-11-12-24-17)21(26)13-19(16-7-3-2-4-8-16)18-9-5-6-10-20(18)22/h2-12,14,19H,13,15H2,1H3/t19-/m1/s1. The van der Waals surface area contributed by atoms with E-state index < -0.39 is 0 Å². The van der Waals surface area contributed by atoms with Crippen molar-refractivity contribution < 1.29 is 4.79 Å². The highest BCUT2D eigenvalue weighted by atomic mass is 35.5. The van der Waals surface area contributed by atoms with E-state index in [9.17, 15) is 4.79 Å². The Balaban J connectivity index is 1.82. The summed E-state index contributed by atoms with van der Waals surface area (Å²) in [6, 6.07) is 17.7. The molecule has 0 saturated carbocycles. The Hall–Kier alpha value is -2.72. The zero-order valence-electron chi connectivity index (χ0n) is 14.5. The molecule has 0 aliphatic carbocycles. The van der Waals surface area contributed by atoms with E-state index in [0.29, 0.717) is 18.0 Å². The van der Waals surface area contributed by atoms with Gasteiger partial charge in [-0.25, -0.2) is 0 Å². The first-order valence-corrected chi connectivity index (χ1v) is 8.81. The number of rotatable bonds is 6. The minimum Gasteiger partial charge on any atom is -0.340 e. The largest absolute Gasteiger partial charge is 0.340 e. The molecule has 0 aliphatic rings. The molecular weight excluding hydrogens is 346 g/mol. The molecule has 26 heavy (non-hydrogen) atoms. The number of carbonyl (C=O) groups is 1. The molecule has 0 fully saturated rings. The van der Waals surface area contributed by atoms with E-state index in [2.05, 4.69) is 9.97 Å². The van der Waals surface area contributed by atoms with Gasteiger partial charge in [-0.2, -0.15) is 0 Å². The van der Waals surface area contributed by atoms with Gasteiger partial charge in [-0.3, -0.25) is 14.8 Å². The highest BCUT2D eigenvalue weighted by molar-refractivity contribution is 6.31. The first kappa shape index (κ1) is 18.1. The Morgan fingerprint density at radius 1 is 1.08 bits per heavy atom. The first-order valence-electron chi connectivity index (χ1n) is 8.43. The third-order valence-electron chi connectivity index (χ3n) is 4.30. The number of carbonyl (C=O) groups excluding carboxylic acids is 1. The molecule has 1 heterocycles. The second kappa shape index (κ2) is 8.59. The van der Waals surface area contributed by atoms with Gasteiger partial charge in [0.15, 0.2) is 0 Å². The fraction of sp³-hybridized carbons (Fsp3) is 0.190. The highest BCUT2D eigenvalue weighted by Gasteiger charge is 2.22. The zero-order valence-corrected chi connectivity index (χ0v) is 15.3. The molecule has 1 amide bonds. The molecule has 0 radical (unpaired) electrons. The van der Waals surface area contributed by atoms with E-state index in [1.807, 2.05) is 54.6 Å². The predicted octanol–water partition coefficient (Wildman–Crippen LogP) is 4.31. The van der Waals surface area contributed by atoms with Crippen molar-refractivity contribution in [3.05, 3.63) is 95.0 Å². The SMILES string of the molecule is CN(Cc1cnccn1)C(=O)C[C@H](c1ccccc1)c1ccccc1Cl. The fourth-order valence-electron chi connectivity index (χ4n) is 2.92. The van der Waals surface area contributed by atoms with E-state index in [0.717, 1.165) is 16.8 Å². The predicted molar refractivity (Wildman–Crippen MR) is 103 cm³/mol. The molecule has 1 atom stereocenters. The van der Waals surface area contributed by atoms with Crippen molar-refractivity contribution in [3.63, 3.8) is 0 Å². The third kappa shape index (κ3) is 4.46. The Morgan fingerprint density at radius 3 is 2.50 bits per heavy atom. The molecule has 3 aromatic rings. The second-order valence-electron chi connectivity index (χ2n) is 6.14. The van der Waals surface area contributed by atoms with Crippen LogP contribution in [0.5, 0.6) is 0 Å². The molecule has 0 saturated heterocycles. The molecule has 5 heteroatoms. The molecule has 4 nitrogen and oxygen atoms in total. The molecule has 0 aliphatic heterocycles. The van der Waals surface area contributed by atoms with Crippen LogP contribution in [0.4, 0.5) is 0 Å². The zero-order chi connectivity index (χ0) is 18.4. The summed E-state index contributed by atoms with van der Waals surface area (Å²) in [6.45, 7) is 0.427. The number of nitrogens with zero attached hydrogens (tertiary/aromatic N) is 3. The fourth-order valence-corrected chi connectivity index (χ4v) is 3.19. The van der Waals surface area contributed by atoms with Crippen LogP contribution in [0, 0.1) is 0 Å². The number of benzene rings is 2. The maximum atomic E-state index is 12.9. The lowest BCUT2D eigenvalue weighted by atomic mass is 9.88. The van der Waals surface area contributed by atoms with Crippen LogP contribution in [0.3, 0.4) is 0 Å². The highest BCUT2D eigenvalue weighted by Crippen LogP contribution is 2.33. The molecule has 0 N–H and O–H groups in total. The lowest BCUT2D eigenvalue weighted by molar-refractivity contribution is -0.130. The van der Waals surface area contributed by atoms with Crippen LogP contribution in [0.15, 0.2) is 73.2 Å². The number of hydrogen-bond donors (Lipinski definition) is 0. The number of amides is 1. The van der Waals surface area contributed by atoms with Crippen LogP contribution in [-0.4, -0.2) is 27.8 Å². The summed E-state index contributed by atoms with van der Waals surface area (Å²) in [5.41, 5.74) is 2.79. The summed E-state index contributed by atoms with van der Waals surface area (Å²) in [7, 11) is 1.78. The van der Waals surface area contributed by atoms with Gasteiger partial charge in [-0.1, -0.05) is 60.1 Å². The molecule has 3 rings (SSSR count). The van der Waals surface area contributed by atoms with E-state index in [1.165, 1.54) is 0 Å². The summed E-state index contributed by atoms with van der Waals surface area (Å²) >= 11 is 6.42. The van der Waals surface area contributed by atoms with Crippen molar-refractivity contribution in [1.29, 1.82) is 0 Å². The van der Waals surface area contributed by atoms with Crippen molar-refractivity contribution in [3.8, 4) is 0 Å². The van der Waals surface area contributed by atoms with E-state index >= 15 is 0 Å². The Morgan fingerprint density at radius 2 is 1.81 bits per heavy atom. The summed E-state index contributed by atoms with van der Waals surface area (Å²) in [5, 5.41) is 0.672. The van der Waals surface area contributed by atoms with Gasteiger partial charge in [0.2, 0.25) is 5.91 Å². The molecule has 1 aromatic heterocycles. The lowest BCUT2D eigenvalue weighted by Crippen LogP contribution is -2.28. The molecule has 2 aromatic carbocycles. The van der Waals surface area contributed by atoms with E-state index in [-0.39, 0.29) is 11.8 Å². The van der Waals surface area contributed by atoms with Crippen LogP contribution in [0.25, 0.3) is 0 Å². The minimum absolute atomic E-state index is 0.0319. The van der Waals surface area contributed by atoms with Crippen molar-refractivity contribution in [2.45, 2.75) is 18.9 Å². The van der Waals surface area contributed by atoms with Crippen molar-refractivity contribution in [1.82, 2.24) is 14.9 Å². The maximum Gasteiger partial charge on any atom is 0.223 e. The van der Waals surface area contributed by atoms with Crippen molar-refractivity contribution >= 4 is 17.5 Å². The van der Waals surface area contributed by atoms with Gasteiger partial charge in [-0.05, 0) is 17.2 Å². The summed E-state index contributed by atoms with van der Waals surface area (Å²) < 4.78 is 0. The van der Waals surface area contributed by atoms with Gasteiger partial charge in [0.25, 0.3) is 0 Å². The van der Waals surface area contributed by atoms with Gasteiger partial charge in [0, 0.05) is 36.8 Å². The maximum absolute atomic E-state index is 12.9. The van der Waals surface area contributed by atoms with E-state index in [4.69, 9.17) is 11.6 Å². The number of hydrogen-bond acceptors (Lipinski definition) is 3. The molecular formula is C21H20ClN3O. The van der Waals surface area contributed by atoms with Crippen LogP contribution in [0.2, 0.25) is 5.02 Å². The molecule has 132 valence electrons. The van der Waals surface area contributed by atoms with Gasteiger partial charge in [0.1, 0.15) is 0 Å². The van der Waals surface area contributed by atoms with Crippen LogP contribution < -0.4 is 0 Å². The topological polar surface area (TPSA) is 46.1 Å². The first-order chi connectivity index (χ1) is 12.6. The monoisotopic (exact) mass is 365 g/mol. The Labute approximate surface area is 158 Å². The van der Waals surface area contributed by atoms with Crippen LogP contribution >= 0.6 is 11.6 Å². The average Bonchev–Trinajstić information content (AvgIpc) is 2.68. The smallest absolute Gasteiger partial charge is 0.223 e. The quantitative estimate of drug-likeness (QED) is 0.653. The van der Waals surface area contributed by atoms with Gasteiger partial charge in [-0.15, -0.1) is 0 Å². The third-order valence-corrected chi connectivity index (χ3v) is 4.65. The van der Waals surface area contributed by atoms with Gasteiger partial charge < -0.3 is 4.90 Å². The minimum atomic E-state index is -0.0956. The lowest BCUT2D eigenvalue weighted by Gasteiger charge is -2.23. The Bertz CT molecular complexity index is 855. The van der Waals surface area contributed by atoms with Crippen LogP contribution in [0.1, 0.15) is 29.2 Å². The second-order valence-corrected chi connectivity index (χ2v) is 6.54. The molecule has 0 bridgehead atoms. The average molecular weight is 366 g/mol. The number of aromatic nitrogens is 2. The summed E-state index contributed by atoms with van der Waals surface area (Å²) in [6.07, 6.45) is 5.26. The normalized spacial score (nSPS) is 11.8. The molecule has 0 spiro atoms. The van der Waals surface area contributed by atoms with E-state index in [1.54, 1.807) is 30.5 Å².